The molecule has 0 atom stereocenters. The second-order valence-corrected chi connectivity index (χ2v) is 5.18. The van der Waals surface area contributed by atoms with Crippen molar-refractivity contribution in [3.8, 4) is 0 Å². The minimum atomic E-state index is 0.671. The summed E-state index contributed by atoms with van der Waals surface area (Å²) in [5, 5.41) is 4.19. The number of aromatic nitrogens is 1. The van der Waals surface area contributed by atoms with Crippen molar-refractivity contribution < 1.29 is 0 Å². The van der Waals surface area contributed by atoms with E-state index in [1.54, 1.807) is 6.20 Å². The summed E-state index contributed by atoms with van der Waals surface area (Å²) >= 11 is 6.20. The Hall–Kier alpha value is -1.32. The van der Waals surface area contributed by atoms with Crippen molar-refractivity contribution in [3.05, 3.63) is 48.2 Å². The van der Waals surface area contributed by atoms with Crippen molar-refractivity contribution in [1.82, 2.24) is 10.3 Å². The van der Waals surface area contributed by atoms with Crippen LogP contribution in [0.1, 0.15) is 18.4 Å². The Morgan fingerprint density at radius 3 is 2.63 bits per heavy atom. The molecule has 1 fully saturated rings. The molecule has 3 nitrogen and oxygen atoms in total. The van der Waals surface area contributed by atoms with E-state index >= 15 is 0 Å². The van der Waals surface area contributed by atoms with E-state index < -0.39 is 0 Å². The van der Waals surface area contributed by atoms with Crippen LogP contribution in [0.2, 0.25) is 5.02 Å². The SMILES string of the molecule is C=CCN(CC=C)c1cc(CNC2CC2)c(Cl)cn1. The van der Waals surface area contributed by atoms with E-state index in [-0.39, 0.29) is 0 Å². The lowest BCUT2D eigenvalue weighted by molar-refractivity contribution is 0.687. The van der Waals surface area contributed by atoms with Gasteiger partial charge in [0, 0.05) is 31.9 Å². The molecule has 1 aromatic heterocycles. The molecule has 0 aliphatic heterocycles. The van der Waals surface area contributed by atoms with E-state index in [1.165, 1.54) is 12.8 Å². The van der Waals surface area contributed by atoms with Gasteiger partial charge in [0.15, 0.2) is 0 Å². The number of nitrogens with zero attached hydrogens (tertiary/aromatic N) is 2. The Balaban J connectivity index is 2.11. The summed E-state index contributed by atoms with van der Waals surface area (Å²) in [6.45, 7) is 9.84. The van der Waals surface area contributed by atoms with Crippen molar-refractivity contribution in [2.75, 3.05) is 18.0 Å². The second-order valence-electron chi connectivity index (χ2n) is 4.77. The number of hydrogen-bond donors (Lipinski definition) is 1. The number of rotatable bonds is 8. The number of halogens is 1. The first-order valence-electron chi connectivity index (χ1n) is 6.59. The maximum atomic E-state index is 6.20. The number of anilines is 1. The topological polar surface area (TPSA) is 28.2 Å². The molecule has 0 aromatic carbocycles. The van der Waals surface area contributed by atoms with Gasteiger partial charge in [-0.2, -0.15) is 0 Å². The van der Waals surface area contributed by atoms with Gasteiger partial charge in [0.1, 0.15) is 5.82 Å². The van der Waals surface area contributed by atoms with Crippen LogP contribution in [0.4, 0.5) is 5.82 Å². The first-order valence-corrected chi connectivity index (χ1v) is 6.97. The fourth-order valence-corrected chi connectivity index (χ4v) is 2.06. The number of nitrogens with one attached hydrogen (secondary N) is 1. The fourth-order valence-electron chi connectivity index (χ4n) is 1.89. The summed E-state index contributed by atoms with van der Waals surface area (Å²) < 4.78 is 0. The van der Waals surface area contributed by atoms with E-state index in [4.69, 9.17) is 11.6 Å². The molecule has 1 N–H and O–H groups in total. The monoisotopic (exact) mass is 277 g/mol. The molecule has 0 saturated heterocycles. The largest absolute Gasteiger partial charge is 0.349 e. The summed E-state index contributed by atoms with van der Waals surface area (Å²) in [6.07, 6.45) is 7.99. The normalized spacial score (nSPS) is 14.2. The zero-order chi connectivity index (χ0) is 13.7. The Kier molecular flexibility index (Phi) is 5.00. The van der Waals surface area contributed by atoms with Gasteiger partial charge in [-0.15, -0.1) is 13.2 Å². The lowest BCUT2D eigenvalue weighted by Gasteiger charge is -2.21. The lowest BCUT2D eigenvalue weighted by Crippen LogP contribution is -2.24. The molecule has 0 amide bonds. The van der Waals surface area contributed by atoms with Crippen LogP contribution in [0.5, 0.6) is 0 Å². The van der Waals surface area contributed by atoms with E-state index in [1.807, 2.05) is 18.2 Å². The molecule has 1 aliphatic carbocycles. The first-order chi connectivity index (χ1) is 9.24. The Morgan fingerprint density at radius 1 is 1.37 bits per heavy atom. The van der Waals surface area contributed by atoms with E-state index in [9.17, 15) is 0 Å². The van der Waals surface area contributed by atoms with Gasteiger partial charge in [-0.3, -0.25) is 0 Å². The smallest absolute Gasteiger partial charge is 0.129 e. The molecule has 1 heterocycles. The number of hydrogen-bond acceptors (Lipinski definition) is 3. The van der Waals surface area contributed by atoms with Gasteiger partial charge in [0.05, 0.1) is 5.02 Å². The summed E-state index contributed by atoms with van der Waals surface area (Å²) in [6, 6.07) is 2.72. The molecule has 1 saturated carbocycles. The van der Waals surface area contributed by atoms with Gasteiger partial charge in [-0.25, -0.2) is 4.98 Å². The third-order valence-corrected chi connectivity index (χ3v) is 3.44. The van der Waals surface area contributed by atoms with Gasteiger partial charge >= 0.3 is 0 Å². The third kappa shape index (κ3) is 4.08. The molecule has 4 heteroatoms. The van der Waals surface area contributed by atoms with Crippen molar-refractivity contribution in [1.29, 1.82) is 0 Å². The summed E-state index contributed by atoms with van der Waals surface area (Å²) in [7, 11) is 0. The maximum absolute atomic E-state index is 6.20. The number of pyridine rings is 1. The average Bonchev–Trinajstić information content (AvgIpc) is 3.22. The van der Waals surface area contributed by atoms with E-state index in [0.29, 0.717) is 11.1 Å². The van der Waals surface area contributed by atoms with Gasteiger partial charge in [0.25, 0.3) is 0 Å². The van der Waals surface area contributed by atoms with Crippen LogP contribution >= 0.6 is 11.6 Å². The summed E-state index contributed by atoms with van der Waals surface area (Å²) in [5.74, 6) is 0.914. The molecular weight excluding hydrogens is 258 g/mol. The highest BCUT2D eigenvalue weighted by atomic mass is 35.5. The quantitative estimate of drug-likeness (QED) is 0.740. The van der Waals surface area contributed by atoms with Gasteiger partial charge < -0.3 is 10.2 Å². The molecule has 19 heavy (non-hydrogen) atoms. The predicted molar refractivity (Wildman–Crippen MR) is 81.7 cm³/mol. The maximum Gasteiger partial charge on any atom is 0.129 e. The summed E-state index contributed by atoms with van der Waals surface area (Å²) in [5.41, 5.74) is 1.09. The van der Waals surface area contributed by atoms with Crippen molar-refractivity contribution >= 4 is 17.4 Å². The van der Waals surface area contributed by atoms with Crippen LogP contribution < -0.4 is 10.2 Å². The second kappa shape index (κ2) is 6.73. The van der Waals surface area contributed by atoms with Crippen molar-refractivity contribution in [2.45, 2.75) is 25.4 Å². The lowest BCUT2D eigenvalue weighted by atomic mass is 10.2. The zero-order valence-electron chi connectivity index (χ0n) is 11.1. The first kappa shape index (κ1) is 14.1. The molecule has 0 spiro atoms. The van der Waals surface area contributed by atoms with Crippen LogP contribution in [-0.2, 0) is 6.54 Å². The molecular formula is C15H20ClN3. The highest BCUT2D eigenvalue weighted by Crippen LogP contribution is 2.23. The average molecular weight is 278 g/mol. The fraction of sp³-hybridized carbons (Fsp3) is 0.400. The van der Waals surface area contributed by atoms with Crippen LogP contribution in [0.15, 0.2) is 37.6 Å². The molecule has 0 unspecified atom stereocenters. The van der Waals surface area contributed by atoms with Crippen LogP contribution in [-0.4, -0.2) is 24.1 Å². The van der Waals surface area contributed by atoms with Gasteiger partial charge in [-0.05, 0) is 24.5 Å². The molecule has 2 rings (SSSR count). The van der Waals surface area contributed by atoms with Gasteiger partial charge in [0.2, 0.25) is 0 Å². The molecule has 0 radical (unpaired) electrons. The van der Waals surface area contributed by atoms with Crippen LogP contribution in [0.3, 0.4) is 0 Å². The molecule has 0 bridgehead atoms. The minimum Gasteiger partial charge on any atom is -0.349 e. The Morgan fingerprint density at radius 2 is 2.05 bits per heavy atom. The molecule has 102 valence electrons. The van der Waals surface area contributed by atoms with E-state index in [2.05, 4.69) is 28.4 Å². The predicted octanol–water partition coefficient (Wildman–Crippen LogP) is 3.17. The van der Waals surface area contributed by atoms with E-state index in [0.717, 1.165) is 31.0 Å². The Labute approximate surface area is 120 Å². The zero-order valence-corrected chi connectivity index (χ0v) is 11.9. The highest BCUT2D eigenvalue weighted by Gasteiger charge is 2.20. The van der Waals surface area contributed by atoms with Crippen molar-refractivity contribution in [2.24, 2.45) is 0 Å². The Bertz CT molecular complexity index is 445. The van der Waals surface area contributed by atoms with Gasteiger partial charge in [-0.1, -0.05) is 23.8 Å². The highest BCUT2D eigenvalue weighted by molar-refractivity contribution is 6.31. The third-order valence-electron chi connectivity index (χ3n) is 3.10. The van der Waals surface area contributed by atoms with Crippen molar-refractivity contribution in [3.63, 3.8) is 0 Å². The summed E-state index contributed by atoms with van der Waals surface area (Å²) in [4.78, 5) is 6.50. The molecule has 1 aromatic rings. The standard InChI is InChI=1S/C15H20ClN3/c1-3-7-19(8-4-2)15-9-12(14(16)11-18-15)10-17-13-5-6-13/h3-4,9,11,13,17H,1-2,5-8,10H2. The minimum absolute atomic E-state index is 0.671. The van der Waals surface area contributed by atoms with Crippen LogP contribution in [0, 0.1) is 0 Å². The van der Waals surface area contributed by atoms with Crippen LogP contribution in [0.25, 0.3) is 0 Å². The molecule has 1 aliphatic rings.